The Balaban J connectivity index is 0. The molecule has 0 aliphatic heterocycles. The van der Waals surface area contributed by atoms with Gasteiger partial charge in [0, 0.05) is 6.92 Å². The summed E-state index contributed by atoms with van der Waals surface area (Å²) in [5.41, 5.74) is 4.47. The van der Waals surface area contributed by atoms with Crippen LogP contribution < -0.4 is 5.73 Å². The minimum absolute atomic E-state index is 0.231. The van der Waals surface area contributed by atoms with E-state index in [1.807, 2.05) is 0 Å². The molecule has 0 aliphatic carbocycles. The van der Waals surface area contributed by atoms with Crippen LogP contribution in [-0.2, 0) is 9.59 Å². The largest absolute Gasteiger partial charge is 0.481 e. The molecular weight excluding hydrogens is 134 g/mol. The van der Waals surface area contributed by atoms with Gasteiger partial charge in [0.1, 0.15) is 0 Å². The van der Waals surface area contributed by atoms with Crippen LogP contribution in [0.4, 0.5) is 0 Å². The summed E-state index contributed by atoms with van der Waals surface area (Å²) >= 11 is 0. The van der Waals surface area contributed by atoms with Gasteiger partial charge in [-0.25, -0.2) is 0 Å². The molecule has 0 unspecified atom stereocenters. The van der Waals surface area contributed by atoms with Crippen molar-refractivity contribution in [3.05, 3.63) is 0 Å². The van der Waals surface area contributed by atoms with Crippen molar-refractivity contribution in [3.63, 3.8) is 0 Å². The summed E-state index contributed by atoms with van der Waals surface area (Å²) < 4.78 is 0. The zero-order valence-corrected chi connectivity index (χ0v) is 6.42. The lowest BCUT2D eigenvalue weighted by molar-refractivity contribution is -0.140. The van der Waals surface area contributed by atoms with E-state index < -0.39 is 5.97 Å². The van der Waals surface area contributed by atoms with Gasteiger partial charge in [-0.2, -0.15) is 0 Å². The number of amides is 1. The molecule has 3 N–H and O–H groups in total. The maximum Gasteiger partial charge on any atom is 0.305 e. The molecule has 4 nitrogen and oxygen atoms in total. The number of hydrogen-bond acceptors (Lipinski definition) is 2. The summed E-state index contributed by atoms with van der Waals surface area (Å²) in [7, 11) is 0. The fourth-order valence-electron chi connectivity index (χ4n) is 0. The highest BCUT2D eigenvalue weighted by atomic mass is 16.4. The van der Waals surface area contributed by atoms with E-state index in [0.29, 0.717) is 0 Å². The van der Waals surface area contributed by atoms with E-state index in [2.05, 4.69) is 5.73 Å². The van der Waals surface area contributed by atoms with Crippen molar-refractivity contribution >= 4 is 11.9 Å². The Bertz CT molecular complexity index is 116. The third-order valence-corrected chi connectivity index (χ3v) is 0.494. The summed E-state index contributed by atoms with van der Waals surface area (Å²) in [6.45, 7) is 4.59. The van der Waals surface area contributed by atoms with Crippen LogP contribution in [-0.4, -0.2) is 17.0 Å². The lowest BCUT2D eigenvalue weighted by Crippen LogP contribution is -2.03. The molecule has 0 aliphatic rings. The van der Waals surface area contributed by atoms with Gasteiger partial charge < -0.3 is 10.8 Å². The van der Waals surface area contributed by atoms with Gasteiger partial charge in [-0.1, -0.05) is 13.8 Å². The first-order chi connectivity index (χ1) is 4.37. The molecule has 0 aromatic rings. The van der Waals surface area contributed by atoms with Crippen molar-refractivity contribution < 1.29 is 14.7 Å². The zero-order valence-electron chi connectivity index (χ0n) is 6.42. The standard InChI is InChI=1S/C4H8O2.C2H5NO/c1-3(2)4(5)6;1-2(3)4/h3H,1-2H3,(H,5,6);1H3,(H2,3,4). The number of hydrogen-bond donors (Lipinski definition) is 2. The van der Waals surface area contributed by atoms with Crippen molar-refractivity contribution in [2.45, 2.75) is 20.8 Å². The maximum absolute atomic E-state index is 9.70. The quantitative estimate of drug-likeness (QED) is 0.556. The van der Waals surface area contributed by atoms with E-state index in [0.717, 1.165) is 0 Å². The molecule has 10 heavy (non-hydrogen) atoms. The van der Waals surface area contributed by atoms with E-state index >= 15 is 0 Å². The van der Waals surface area contributed by atoms with Crippen LogP contribution in [0.25, 0.3) is 0 Å². The molecule has 0 bridgehead atoms. The molecule has 0 spiro atoms. The molecule has 0 radical (unpaired) electrons. The molecule has 0 fully saturated rings. The Morgan fingerprint density at radius 1 is 1.40 bits per heavy atom. The summed E-state index contributed by atoms with van der Waals surface area (Å²) in [6.07, 6.45) is 0. The molecule has 0 saturated heterocycles. The second-order valence-electron chi connectivity index (χ2n) is 2.10. The number of aliphatic carboxylic acids is 1. The number of primary amides is 1. The van der Waals surface area contributed by atoms with Gasteiger partial charge in [-0.3, -0.25) is 9.59 Å². The van der Waals surface area contributed by atoms with Crippen LogP contribution in [0, 0.1) is 5.92 Å². The highest BCUT2D eigenvalue weighted by Crippen LogP contribution is 1.87. The topological polar surface area (TPSA) is 80.4 Å². The third kappa shape index (κ3) is 28.3. The molecule has 1 amide bonds. The second-order valence-corrected chi connectivity index (χ2v) is 2.10. The van der Waals surface area contributed by atoms with E-state index in [4.69, 9.17) is 5.11 Å². The molecular formula is C6H13NO3. The first kappa shape index (κ1) is 11.7. The van der Waals surface area contributed by atoms with Gasteiger partial charge in [-0.15, -0.1) is 0 Å². The summed E-state index contributed by atoms with van der Waals surface area (Å²) in [6, 6.07) is 0. The van der Waals surface area contributed by atoms with Crippen molar-refractivity contribution in [1.82, 2.24) is 0 Å². The van der Waals surface area contributed by atoms with Crippen molar-refractivity contribution in [2.24, 2.45) is 11.7 Å². The average molecular weight is 147 g/mol. The van der Waals surface area contributed by atoms with E-state index in [9.17, 15) is 9.59 Å². The molecule has 0 aromatic heterocycles. The summed E-state index contributed by atoms with van der Waals surface area (Å²) in [5.74, 6) is -1.31. The maximum atomic E-state index is 9.70. The van der Waals surface area contributed by atoms with Crippen molar-refractivity contribution in [2.75, 3.05) is 0 Å². The Hall–Kier alpha value is -1.06. The van der Waals surface area contributed by atoms with Gasteiger partial charge in [0.05, 0.1) is 5.92 Å². The Kier molecular flexibility index (Phi) is 7.10. The zero-order chi connectivity index (χ0) is 8.73. The van der Waals surface area contributed by atoms with Crippen LogP contribution in [0.1, 0.15) is 20.8 Å². The number of carboxylic acids is 1. The Labute approximate surface area is 60.0 Å². The number of nitrogens with two attached hydrogens (primary N) is 1. The highest BCUT2D eigenvalue weighted by molar-refractivity contribution is 5.70. The van der Waals surface area contributed by atoms with E-state index in [-0.39, 0.29) is 11.8 Å². The Morgan fingerprint density at radius 3 is 1.50 bits per heavy atom. The minimum Gasteiger partial charge on any atom is -0.481 e. The van der Waals surface area contributed by atoms with E-state index in [1.54, 1.807) is 13.8 Å². The van der Waals surface area contributed by atoms with Crippen molar-refractivity contribution in [1.29, 1.82) is 0 Å². The minimum atomic E-state index is -0.741. The normalized spacial score (nSPS) is 8.00. The number of carbonyl (C=O) groups is 2. The van der Waals surface area contributed by atoms with Crippen LogP contribution >= 0.6 is 0 Å². The van der Waals surface area contributed by atoms with Gasteiger partial charge in [-0.05, 0) is 0 Å². The van der Waals surface area contributed by atoms with E-state index in [1.165, 1.54) is 6.92 Å². The molecule has 0 heterocycles. The molecule has 0 rings (SSSR count). The Morgan fingerprint density at radius 2 is 1.50 bits per heavy atom. The molecule has 60 valence electrons. The molecule has 0 atom stereocenters. The highest BCUT2D eigenvalue weighted by Gasteiger charge is 1.99. The fraction of sp³-hybridized carbons (Fsp3) is 0.667. The van der Waals surface area contributed by atoms with Crippen LogP contribution in [0.15, 0.2) is 0 Å². The fourth-order valence-corrected chi connectivity index (χ4v) is 0. The first-order valence-electron chi connectivity index (χ1n) is 2.86. The van der Waals surface area contributed by atoms with Gasteiger partial charge in [0.15, 0.2) is 0 Å². The number of carbonyl (C=O) groups excluding carboxylic acids is 1. The monoisotopic (exact) mass is 147 g/mol. The lowest BCUT2D eigenvalue weighted by Gasteiger charge is -1.89. The van der Waals surface area contributed by atoms with Gasteiger partial charge in [0.2, 0.25) is 5.91 Å². The number of rotatable bonds is 1. The smallest absolute Gasteiger partial charge is 0.305 e. The van der Waals surface area contributed by atoms with Gasteiger partial charge >= 0.3 is 5.97 Å². The van der Waals surface area contributed by atoms with Crippen LogP contribution in [0.5, 0.6) is 0 Å². The van der Waals surface area contributed by atoms with Crippen LogP contribution in [0.3, 0.4) is 0 Å². The predicted molar refractivity (Wildman–Crippen MR) is 37.3 cm³/mol. The van der Waals surface area contributed by atoms with Crippen LogP contribution in [0.2, 0.25) is 0 Å². The van der Waals surface area contributed by atoms with Crippen molar-refractivity contribution in [3.8, 4) is 0 Å². The molecule has 0 saturated carbocycles. The second kappa shape index (κ2) is 6.07. The molecule has 4 heteroatoms. The summed E-state index contributed by atoms with van der Waals surface area (Å²) in [5, 5.41) is 7.99. The van der Waals surface area contributed by atoms with Gasteiger partial charge in [0.25, 0.3) is 0 Å². The molecule has 0 aromatic carbocycles. The third-order valence-electron chi connectivity index (χ3n) is 0.494. The predicted octanol–water partition coefficient (Wildman–Crippen LogP) is 0.219. The first-order valence-corrected chi connectivity index (χ1v) is 2.86. The lowest BCUT2D eigenvalue weighted by atomic mass is 10.2. The number of carboxylic acid groups (broad SMARTS) is 1. The summed E-state index contributed by atoms with van der Waals surface area (Å²) in [4.78, 5) is 18.9. The SMILES string of the molecule is CC(C)C(=O)O.CC(N)=O. The average Bonchev–Trinajstić information content (AvgIpc) is 1.63.